The number of hydrogen-bond acceptors (Lipinski definition) is 3. The number of benzene rings is 1. The largest absolute Gasteiger partial charge is 0.357 e. The molecule has 1 heterocycles. The van der Waals surface area contributed by atoms with Gasteiger partial charge in [-0.25, -0.2) is 4.79 Å². The Balaban J connectivity index is 0.00000420. The number of aliphatic imine (C=N–C) groups is 1. The molecule has 1 saturated heterocycles. The normalized spacial score (nSPS) is 19.1. The molecule has 0 bridgehead atoms. The number of nitrogens with one attached hydrogen (secondary N) is 2. The first kappa shape index (κ1) is 25.2. The molecule has 1 aromatic rings. The van der Waals surface area contributed by atoms with E-state index in [0.29, 0.717) is 25.9 Å². The third-order valence-electron chi connectivity index (χ3n) is 5.22. The minimum absolute atomic E-state index is 0. The predicted octanol–water partition coefficient (Wildman–Crippen LogP) is 3.12. The highest BCUT2D eigenvalue weighted by atomic mass is 127. The molecule has 0 aliphatic carbocycles. The number of hydrogen-bond donors (Lipinski definition) is 2. The van der Waals surface area contributed by atoms with Crippen LogP contribution in [0.5, 0.6) is 0 Å². The lowest BCUT2D eigenvalue weighted by atomic mass is 9.99. The second-order valence-electron chi connectivity index (χ2n) is 7.44. The molecule has 162 valence electrons. The van der Waals surface area contributed by atoms with E-state index in [-0.39, 0.29) is 35.9 Å². The molecule has 7 nitrogen and oxygen atoms in total. The standard InChI is InChI=1S/C21H33N5O2.HI/c1-6-21(4)18(27)26(20(28)24-21)14-10-13-23-19(22-7-2)25(5)15-17-12-9-8-11-16(17)3;/h8-9,11-12H,6-7,10,13-15H2,1-5H3,(H,22,23)(H,24,28);1H. The summed E-state index contributed by atoms with van der Waals surface area (Å²) < 4.78 is 0. The fourth-order valence-corrected chi connectivity index (χ4v) is 3.19. The highest BCUT2D eigenvalue weighted by Gasteiger charge is 2.45. The summed E-state index contributed by atoms with van der Waals surface area (Å²) in [5.74, 6) is 0.675. The van der Waals surface area contributed by atoms with E-state index in [9.17, 15) is 9.59 Å². The van der Waals surface area contributed by atoms with Crippen molar-refractivity contribution in [2.24, 2.45) is 4.99 Å². The smallest absolute Gasteiger partial charge is 0.325 e. The molecular formula is C21H34IN5O2. The van der Waals surface area contributed by atoms with Crippen LogP contribution in [0.3, 0.4) is 0 Å². The van der Waals surface area contributed by atoms with Crippen molar-refractivity contribution in [3.63, 3.8) is 0 Å². The molecule has 2 N–H and O–H groups in total. The van der Waals surface area contributed by atoms with Crippen molar-refractivity contribution in [2.45, 2.75) is 52.6 Å². The average Bonchev–Trinajstić information content (AvgIpc) is 2.89. The van der Waals surface area contributed by atoms with Crippen LogP contribution in [-0.2, 0) is 11.3 Å². The minimum Gasteiger partial charge on any atom is -0.357 e. The third-order valence-corrected chi connectivity index (χ3v) is 5.22. The Kier molecular flexibility index (Phi) is 9.88. The molecule has 1 unspecified atom stereocenters. The third kappa shape index (κ3) is 6.32. The van der Waals surface area contributed by atoms with Gasteiger partial charge in [-0.15, -0.1) is 24.0 Å². The van der Waals surface area contributed by atoms with Crippen LogP contribution in [0.1, 0.15) is 44.7 Å². The molecular weight excluding hydrogens is 481 g/mol. The van der Waals surface area contributed by atoms with Gasteiger partial charge in [-0.2, -0.15) is 0 Å². The van der Waals surface area contributed by atoms with Gasteiger partial charge in [0.25, 0.3) is 5.91 Å². The van der Waals surface area contributed by atoms with Crippen molar-refractivity contribution in [1.82, 2.24) is 20.4 Å². The van der Waals surface area contributed by atoms with Gasteiger partial charge in [-0.1, -0.05) is 31.2 Å². The molecule has 1 aromatic carbocycles. The zero-order valence-corrected chi connectivity index (χ0v) is 20.4. The maximum absolute atomic E-state index is 12.4. The molecule has 1 aliphatic heterocycles. The van der Waals surface area contributed by atoms with Crippen LogP contribution in [0.4, 0.5) is 4.79 Å². The fourth-order valence-electron chi connectivity index (χ4n) is 3.19. The number of carbonyl (C=O) groups is 2. The van der Waals surface area contributed by atoms with Crippen molar-refractivity contribution >= 4 is 41.9 Å². The van der Waals surface area contributed by atoms with E-state index in [2.05, 4.69) is 39.6 Å². The van der Waals surface area contributed by atoms with Crippen LogP contribution in [0, 0.1) is 6.92 Å². The molecule has 8 heteroatoms. The van der Waals surface area contributed by atoms with E-state index in [1.807, 2.05) is 33.0 Å². The van der Waals surface area contributed by atoms with Crippen LogP contribution >= 0.6 is 24.0 Å². The molecule has 0 spiro atoms. The molecule has 29 heavy (non-hydrogen) atoms. The van der Waals surface area contributed by atoms with Crippen molar-refractivity contribution in [3.8, 4) is 0 Å². The Morgan fingerprint density at radius 2 is 1.97 bits per heavy atom. The van der Waals surface area contributed by atoms with E-state index < -0.39 is 5.54 Å². The first-order chi connectivity index (χ1) is 13.3. The van der Waals surface area contributed by atoms with Gasteiger partial charge in [0.15, 0.2) is 5.96 Å². The van der Waals surface area contributed by atoms with Gasteiger partial charge in [0, 0.05) is 33.2 Å². The van der Waals surface area contributed by atoms with Gasteiger partial charge in [-0.3, -0.25) is 14.7 Å². The molecule has 1 atom stereocenters. The number of carbonyl (C=O) groups excluding carboxylic acids is 2. The van der Waals surface area contributed by atoms with E-state index >= 15 is 0 Å². The summed E-state index contributed by atoms with van der Waals surface area (Å²) in [6.45, 7) is 10.3. The zero-order chi connectivity index (χ0) is 20.7. The zero-order valence-electron chi connectivity index (χ0n) is 18.1. The second-order valence-corrected chi connectivity index (χ2v) is 7.44. The van der Waals surface area contributed by atoms with Crippen LogP contribution in [0.15, 0.2) is 29.3 Å². The van der Waals surface area contributed by atoms with Crippen molar-refractivity contribution < 1.29 is 9.59 Å². The Bertz CT molecular complexity index is 740. The number of amides is 3. The Morgan fingerprint density at radius 1 is 1.28 bits per heavy atom. The lowest BCUT2D eigenvalue weighted by Crippen LogP contribution is -2.43. The van der Waals surface area contributed by atoms with E-state index in [1.54, 1.807) is 6.92 Å². The van der Waals surface area contributed by atoms with E-state index in [4.69, 9.17) is 0 Å². The molecule has 1 fully saturated rings. The highest BCUT2D eigenvalue weighted by molar-refractivity contribution is 14.0. The van der Waals surface area contributed by atoms with Crippen molar-refractivity contribution in [2.75, 3.05) is 26.7 Å². The van der Waals surface area contributed by atoms with Crippen LogP contribution in [-0.4, -0.2) is 59.9 Å². The topological polar surface area (TPSA) is 77.0 Å². The summed E-state index contributed by atoms with van der Waals surface area (Å²) in [5, 5.41) is 6.09. The number of halogens is 1. The molecule has 2 rings (SSSR count). The lowest BCUT2D eigenvalue weighted by Gasteiger charge is -2.23. The number of urea groups is 1. The van der Waals surface area contributed by atoms with Crippen molar-refractivity contribution in [3.05, 3.63) is 35.4 Å². The number of imide groups is 1. The Hall–Kier alpha value is -1.84. The summed E-state index contributed by atoms with van der Waals surface area (Å²) in [6.07, 6.45) is 1.21. The van der Waals surface area contributed by atoms with Gasteiger partial charge in [0.05, 0.1) is 0 Å². The van der Waals surface area contributed by atoms with E-state index in [1.165, 1.54) is 16.0 Å². The average molecular weight is 515 g/mol. The van der Waals surface area contributed by atoms with Gasteiger partial charge < -0.3 is 15.5 Å². The summed E-state index contributed by atoms with van der Waals surface area (Å²) in [6, 6.07) is 8.01. The van der Waals surface area contributed by atoms with Crippen LogP contribution < -0.4 is 10.6 Å². The quantitative estimate of drug-likeness (QED) is 0.184. The summed E-state index contributed by atoms with van der Waals surface area (Å²) in [5.41, 5.74) is 1.74. The Morgan fingerprint density at radius 3 is 2.55 bits per heavy atom. The van der Waals surface area contributed by atoms with Crippen LogP contribution in [0.25, 0.3) is 0 Å². The van der Waals surface area contributed by atoms with Crippen LogP contribution in [0.2, 0.25) is 0 Å². The summed E-state index contributed by atoms with van der Waals surface area (Å²) in [4.78, 5) is 32.6. The monoisotopic (exact) mass is 515 g/mol. The minimum atomic E-state index is -0.775. The van der Waals surface area contributed by atoms with Gasteiger partial charge in [0.2, 0.25) is 0 Å². The van der Waals surface area contributed by atoms with Gasteiger partial charge in [-0.05, 0) is 44.7 Å². The van der Waals surface area contributed by atoms with E-state index in [0.717, 1.165) is 19.0 Å². The highest BCUT2D eigenvalue weighted by Crippen LogP contribution is 2.20. The number of aryl methyl sites for hydroxylation is 1. The summed E-state index contributed by atoms with van der Waals surface area (Å²) in [7, 11) is 2.01. The SMILES string of the molecule is CCNC(=NCCCN1C(=O)NC(C)(CC)C1=O)N(C)Cc1ccccc1C.I. The molecule has 0 saturated carbocycles. The first-order valence-electron chi connectivity index (χ1n) is 10.0. The van der Waals surface area contributed by atoms with Crippen molar-refractivity contribution in [1.29, 1.82) is 0 Å². The lowest BCUT2D eigenvalue weighted by molar-refractivity contribution is -0.130. The summed E-state index contributed by atoms with van der Waals surface area (Å²) >= 11 is 0. The number of rotatable bonds is 8. The number of guanidine groups is 1. The maximum Gasteiger partial charge on any atom is 0.325 e. The second kappa shape index (κ2) is 11.4. The molecule has 0 radical (unpaired) electrons. The predicted molar refractivity (Wildman–Crippen MR) is 128 cm³/mol. The number of nitrogens with zero attached hydrogens (tertiary/aromatic N) is 3. The Labute approximate surface area is 191 Å². The maximum atomic E-state index is 12.4. The fraction of sp³-hybridized carbons (Fsp3) is 0.571. The molecule has 1 aliphatic rings. The molecule has 3 amide bonds. The van der Waals surface area contributed by atoms with Gasteiger partial charge in [0.1, 0.15) is 5.54 Å². The molecule has 0 aromatic heterocycles. The van der Waals surface area contributed by atoms with Gasteiger partial charge >= 0.3 is 6.03 Å². The first-order valence-corrected chi connectivity index (χ1v) is 10.0.